The highest BCUT2D eigenvalue weighted by atomic mass is 19.1. The minimum Gasteiger partial charge on any atom is -0.390 e. The van der Waals surface area contributed by atoms with E-state index in [9.17, 15) is 9.50 Å². The van der Waals surface area contributed by atoms with Gasteiger partial charge in [-0.05, 0) is 48.9 Å². The topological polar surface area (TPSA) is 20.2 Å². The number of aryl methyl sites for hydroxylation is 1. The maximum atomic E-state index is 13.1. The zero-order chi connectivity index (χ0) is 13.2. The maximum Gasteiger partial charge on any atom is 0.123 e. The normalized spacial score (nSPS) is 28.3. The van der Waals surface area contributed by atoms with Gasteiger partial charge in [0.25, 0.3) is 0 Å². The molecule has 1 aromatic carbocycles. The van der Waals surface area contributed by atoms with E-state index in [4.69, 9.17) is 0 Å². The van der Waals surface area contributed by atoms with Gasteiger partial charge in [-0.1, -0.05) is 32.3 Å². The molecular weight excluding hydrogens is 227 g/mol. The van der Waals surface area contributed by atoms with E-state index in [1.807, 2.05) is 13.0 Å². The molecule has 1 aliphatic carbocycles. The Morgan fingerprint density at radius 3 is 2.89 bits per heavy atom. The van der Waals surface area contributed by atoms with Gasteiger partial charge in [-0.25, -0.2) is 4.39 Å². The molecule has 1 saturated carbocycles. The molecule has 2 atom stereocenters. The number of rotatable bonds is 3. The van der Waals surface area contributed by atoms with E-state index in [-0.39, 0.29) is 5.82 Å². The molecule has 0 amide bonds. The predicted molar refractivity (Wildman–Crippen MR) is 72.0 cm³/mol. The van der Waals surface area contributed by atoms with E-state index < -0.39 is 5.60 Å². The first-order valence-corrected chi connectivity index (χ1v) is 7.00. The lowest BCUT2D eigenvalue weighted by Crippen LogP contribution is -2.37. The Bertz CT molecular complexity index is 416. The first-order chi connectivity index (χ1) is 8.52. The predicted octanol–water partition coefficient (Wildman–Crippen LogP) is 4.01. The Hall–Kier alpha value is -0.890. The standard InChI is InChI=1S/C16H23FO/c1-3-13-5-4-8-16(18,10-13)11-14-6-7-15(17)9-12(14)2/h6-7,9,13,18H,3-5,8,10-11H2,1-2H3. The monoisotopic (exact) mass is 250 g/mol. The molecule has 1 aliphatic rings. The Balaban J connectivity index is 2.11. The van der Waals surface area contributed by atoms with Gasteiger partial charge in [-0.2, -0.15) is 0 Å². The smallest absolute Gasteiger partial charge is 0.123 e. The average Bonchev–Trinajstić information content (AvgIpc) is 2.33. The lowest BCUT2D eigenvalue weighted by Gasteiger charge is -2.37. The van der Waals surface area contributed by atoms with Gasteiger partial charge >= 0.3 is 0 Å². The van der Waals surface area contributed by atoms with Gasteiger partial charge in [0.1, 0.15) is 5.82 Å². The van der Waals surface area contributed by atoms with E-state index in [0.29, 0.717) is 12.3 Å². The average molecular weight is 250 g/mol. The van der Waals surface area contributed by atoms with Crippen LogP contribution in [0.5, 0.6) is 0 Å². The van der Waals surface area contributed by atoms with E-state index >= 15 is 0 Å². The van der Waals surface area contributed by atoms with Crippen molar-refractivity contribution >= 4 is 0 Å². The van der Waals surface area contributed by atoms with Gasteiger partial charge < -0.3 is 5.11 Å². The van der Waals surface area contributed by atoms with E-state index in [2.05, 4.69) is 6.92 Å². The van der Waals surface area contributed by atoms with Crippen molar-refractivity contribution in [2.24, 2.45) is 5.92 Å². The maximum absolute atomic E-state index is 13.1. The second kappa shape index (κ2) is 5.40. The molecule has 0 saturated heterocycles. The van der Waals surface area contributed by atoms with Gasteiger partial charge in [-0.15, -0.1) is 0 Å². The molecule has 0 bridgehead atoms. The number of benzene rings is 1. The summed E-state index contributed by atoms with van der Waals surface area (Å²) in [6.07, 6.45) is 5.91. The lowest BCUT2D eigenvalue weighted by atomic mass is 9.74. The van der Waals surface area contributed by atoms with Crippen LogP contribution in [0.15, 0.2) is 18.2 Å². The number of hydrogen-bond donors (Lipinski definition) is 1. The van der Waals surface area contributed by atoms with Crippen molar-refractivity contribution in [3.63, 3.8) is 0 Å². The first kappa shape index (κ1) is 13.5. The summed E-state index contributed by atoms with van der Waals surface area (Å²) in [4.78, 5) is 0. The van der Waals surface area contributed by atoms with Crippen LogP contribution in [0.3, 0.4) is 0 Å². The summed E-state index contributed by atoms with van der Waals surface area (Å²) in [6, 6.07) is 4.86. The van der Waals surface area contributed by atoms with Crippen LogP contribution in [0.1, 0.15) is 50.2 Å². The SMILES string of the molecule is CCC1CCCC(O)(Cc2ccc(F)cc2C)C1. The van der Waals surface area contributed by atoms with E-state index in [0.717, 1.165) is 36.8 Å². The van der Waals surface area contributed by atoms with E-state index in [1.54, 1.807) is 6.07 Å². The zero-order valence-corrected chi connectivity index (χ0v) is 11.4. The number of aliphatic hydroxyl groups is 1. The van der Waals surface area contributed by atoms with Crippen LogP contribution < -0.4 is 0 Å². The highest BCUT2D eigenvalue weighted by molar-refractivity contribution is 5.28. The number of halogens is 1. The van der Waals surface area contributed by atoms with Crippen LogP contribution in [-0.4, -0.2) is 10.7 Å². The molecule has 0 aromatic heterocycles. The van der Waals surface area contributed by atoms with Crippen LogP contribution in [0.2, 0.25) is 0 Å². The Morgan fingerprint density at radius 1 is 1.44 bits per heavy atom. The van der Waals surface area contributed by atoms with Crippen LogP contribution in [0.4, 0.5) is 4.39 Å². The number of hydrogen-bond acceptors (Lipinski definition) is 1. The largest absolute Gasteiger partial charge is 0.390 e. The minimum atomic E-state index is -0.582. The molecular formula is C16H23FO. The molecule has 1 nitrogen and oxygen atoms in total. The van der Waals surface area contributed by atoms with Crippen LogP contribution >= 0.6 is 0 Å². The van der Waals surface area contributed by atoms with Crippen LogP contribution in [-0.2, 0) is 6.42 Å². The molecule has 2 rings (SSSR count). The molecule has 0 heterocycles. The molecule has 0 aliphatic heterocycles. The fraction of sp³-hybridized carbons (Fsp3) is 0.625. The van der Waals surface area contributed by atoms with Crippen LogP contribution in [0, 0.1) is 18.7 Å². The summed E-state index contributed by atoms with van der Waals surface area (Å²) in [7, 11) is 0. The quantitative estimate of drug-likeness (QED) is 0.859. The Morgan fingerprint density at radius 2 is 2.22 bits per heavy atom. The molecule has 1 fully saturated rings. The second-order valence-corrected chi connectivity index (χ2v) is 5.84. The fourth-order valence-corrected chi connectivity index (χ4v) is 3.18. The fourth-order valence-electron chi connectivity index (χ4n) is 3.18. The zero-order valence-electron chi connectivity index (χ0n) is 11.4. The summed E-state index contributed by atoms with van der Waals surface area (Å²) in [5.74, 6) is 0.447. The third-order valence-electron chi connectivity index (χ3n) is 4.32. The van der Waals surface area contributed by atoms with Crippen LogP contribution in [0.25, 0.3) is 0 Å². The molecule has 0 radical (unpaired) electrons. The summed E-state index contributed by atoms with van der Waals surface area (Å²) in [6.45, 7) is 4.11. The molecule has 1 N–H and O–H groups in total. The van der Waals surface area contributed by atoms with Gasteiger partial charge in [0.15, 0.2) is 0 Å². The molecule has 100 valence electrons. The lowest BCUT2D eigenvalue weighted by molar-refractivity contribution is -0.0163. The third-order valence-corrected chi connectivity index (χ3v) is 4.32. The van der Waals surface area contributed by atoms with Crippen molar-refractivity contribution in [3.8, 4) is 0 Å². The van der Waals surface area contributed by atoms with Gasteiger partial charge in [0.2, 0.25) is 0 Å². The molecule has 2 heteroatoms. The molecule has 0 spiro atoms. The Labute approximate surface area is 109 Å². The van der Waals surface area contributed by atoms with E-state index in [1.165, 1.54) is 12.5 Å². The molecule has 1 aromatic rings. The molecule has 18 heavy (non-hydrogen) atoms. The van der Waals surface area contributed by atoms with Crippen molar-refractivity contribution in [2.75, 3.05) is 0 Å². The van der Waals surface area contributed by atoms with Crippen molar-refractivity contribution in [1.82, 2.24) is 0 Å². The van der Waals surface area contributed by atoms with Gasteiger partial charge in [0.05, 0.1) is 5.60 Å². The summed E-state index contributed by atoms with van der Waals surface area (Å²) in [5.41, 5.74) is 1.44. The third kappa shape index (κ3) is 3.11. The van der Waals surface area contributed by atoms with Crippen molar-refractivity contribution in [2.45, 2.75) is 58.0 Å². The van der Waals surface area contributed by atoms with Crippen molar-refractivity contribution < 1.29 is 9.50 Å². The minimum absolute atomic E-state index is 0.196. The second-order valence-electron chi connectivity index (χ2n) is 5.84. The summed E-state index contributed by atoms with van der Waals surface area (Å²) < 4.78 is 13.1. The van der Waals surface area contributed by atoms with Gasteiger partial charge in [0, 0.05) is 6.42 Å². The Kier molecular flexibility index (Phi) is 4.06. The highest BCUT2D eigenvalue weighted by Crippen LogP contribution is 2.36. The summed E-state index contributed by atoms with van der Waals surface area (Å²) >= 11 is 0. The highest BCUT2D eigenvalue weighted by Gasteiger charge is 2.33. The van der Waals surface area contributed by atoms with Crippen molar-refractivity contribution in [1.29, 1.82) is 0 Å². The molecule has 2 unspecified atom stereocenters. The first-order valence-electron chi connectivity index (χ1n) is 7.00. The van der Waals surface area contributed by atoms with Crippen molar-refractivity contribution in [3.05, 3.63) is 35.1 Å². The summed E-state index contributed by atoms with van der Waals surface area (Å²) in [5, 5.41) is 10.7. The van der Waals surface area contributed by atoms with Gasteiger partial charge in [-0.3, -0.25) is 0 Å².